The summed E-state index contributed by atoms with van der Waals surface area (Å²) >= 11 is 0. The van der Waals surface area contributed by atoms with Crippen LogP contribution < -0.4 is 10.1 Å². The van der Waals surface area contributed by atoms with Crippen molar-refractivity contribution in [3.05, 3.63) is 29.8 Å². The predicted molar refractivity (Wildman–Crippen MR) is 79.4 cm³/mol. The fourth-order valence-corrected chi connectivity index (χ4v) is 1.98. The van der Waals surface area contributed by atoms with Gasteiger partial charge in [0.1, 0.15) is 5.75 Å². The molecule has 0 spiro atoms. The van der Waals surface area contributed by atoms with E-state index in [4.69, 9.17) is 4.74 Å². The Morgan fingerprint density at radius 1 is 1.21 bits per heavy atom. The first kappa shape index (κ1) is 16.0. The SMILES string of the molecule is CCCOc1ccc(CNC(CO)CC(C)C)cc1. The van der Waals surface area contributed by atoms with Crippen molar-refractivity contribution < 1.29 is 9.84 Å². The van der Waals surface area contributed by atoms with E-state index in [1.54, 1.807) is 0 Å². The van der Waals surface area contributed by atoms with E-state index in [9.17, 15) is 5.11 Å². The highest BCUT2D eigenvalue weighted by atomic mass is 16.5. The minimum atomic E-state index is 0.177. The molecule has 1 aromatic rings. The van der Waals surface area contributed by atoms with Gasteiger partial charge in [0.25, 0.3) is 0 Å². The number of hydrogen-bond acceptors (Lipinski definition) is 3. The minimum Gasteiger partial charge on any atom is -0.494 e. The Labute approximate surface area is 117 Å². The van der Waals surface area contributed by atoms with Crippen molar-refractivity contribution in [1.29, 1.82) is 0 Å². The van der Waals surface area contributed by atoms with E-state index >= 15 is 0 Å². The second kappa shape index (κ2) is 8.94. The molecule has 0 saturated heterocycles. The van der Waals surface area contributed by atoms with Crippen molar-refractivity contribution in [2.75, 3.05) is 13.2 Å². The molecule has 108 valence electrons. The summed E-state index contributed by atoms with van der Waals surface area (Å²) in [6.07, 6.45) is 2.02. The molecule has 1 rings (SSSR count). The summed E-state index contributed by atoms with van der Waals surface area (Å²) < 4.78 is 5.55. The van der Waals surface area contributed by atoms with E-state index in [0.717, 1.165) is 31.7 Å². The average molecular weight is 265 g/mol. The lowest BCUT2D eigenvalue weighted by atomic mass is 10.0. The summed E-state index contributed by atoms with van der Waals surface area (Å²) in [6.45, 7) is 8.18. The maximum absolute atomic E-state index is 9.31. The first-order valence-corrected chi connectivity index (χ1v) is 7.21. The van der Waals surface area contributed by atoms with Gasteiger partial charge in [-0.25, -0.2) is 0 Å². The van der Waals surface area contributed by atoms with E-state index in [1.807, 2.05) is 12.1 Å². The van der Waals surface area contributed by atoms with Crippen LogP contribution in [0.5, 0.6) is 5.75 Å². The standard InChI is InChI=1S/C16H27NO2/c1-4-9-19-16-7-5-14(6-8-16)11-17-15(12-18)10-13(2)3/h5-8,13,15,17-18H,4,9-12H2,1-3H3. The highest BCUT2D eigenvalue weighted by molar-refractivity contribution is 5.27. The van der Waals surface area contributed by atoms with Crippen LogP contribution in [0.25, 0.3) is 0 Å². The molecule has 19 heavy (non-hydrogen) atoms. The van der Waals surface area contributed by atoms with Crippen LogP contribution in [0.1, 0.15) is 39.2 Å². The molecule has 0 aromatic heterocycles. The van der Waals surface area contributed by atoms with Crippen molar-refractivity contribution in [2.45, 2.75) is 46.2 Å². The summed E-state index contributed by atoms with van der Waals surface area (Å²) in [5.74, 6) is 1.51. The van der Waals surface area contributed by atoms with Crippen LogP contribution in [0, 0.1) is 5.92 Å². The molecule has 0 fully saturated rings. The number of aliphatic hydroxyl groups is 1. The van der Waals surface area contributed by atoms with E-state index in [2.05, 4.69) is 38.2 Å². The first-order valence-electron chi connectivity index (χ1n) is 7.21. The normalized spacial score (nSPS) is 12.7. The topological polar surface area (TPSA) is 41.5 Å². The van der Waals surface area contributed by atoms with Crippen LogP contribution in [0.4, 0.5) is 0 Å². The molecule has 1 atom stereocenters. The molecule has 0 radical (unpaired) electrons. The maximum atomic E-state index is 9.31. The summed E-state index contributed by atoms with van der Waals surface area (Å²) in [5.41, 5.74) is 1.21. The van der Waals surface area contributed by atoms with Crippen LogP contribution in [-0.4, -0.2) is 24.4 Å². The van der Waals surface area contributed by atoms with E-state index in [1.165, 1.54) is 5.56 Å². The van der Waals surface area contributed by atoms with Gasteiger partial charge in [-0.15, -0.1) is 0 Å². The number of nitrogens with one attached hydrogen (secondary N) is 1. The second-order valence-corrected chi connectivity index (χ2v) is 5.38. The Morgan fingerprint density at radius 3 is 2.42 bits per heavy atom. The number of aliphatic hydroxyl groups excluding tert-OH is 1. The maximum Gasteiger partial charge on any atom is 0.119 e. The zero-order valence-electron chi connectivity index (χ0n) is 12.4. The Kier molecular flexibility index (Phi) is 7.53. The Hall–Kier alpha value is -1.06. The molecule has 2 N–H and O–H groups in total. The van der Waals surface area contributed by atoms with E-state index in [-0.39, 0.29) is 12.6 Å². The van der Waals surface area contributed by atoms with Crippen molar-refractivity contribution in [3.8, 4) is 5.75 Å². The fourth-order valence-electron chi connectivity index (χ4n) is 1.98. The molecular formula is C16H27NO2. The van der Waals surface area contributed by atoms with Gasteiger partial charge in [-0.05, 0) is 36.5 Å². The van der Waals surface area contributed by atoms with Gasteiger partial charge < -0.3 is 15.2 Å². The zero-order valence-corrected chi connectivity index (χ0v) is 12.4. The van der Waals surface area contributed by atoms with Crippen LogP contribution in [0.3, 0.4) is 0 Å². The lowest BCUT2D eigenvalue weighted by molar-refractivity contribution is 0.223. The van der Waals surface area contributed by atoms with Crippen LogP contribution >= 0.6 is 0 Å². The number of rotatable bonds is 9. The van der Waals surface area contributed by atoms with Gasteiger partial charge in [0.15, 0.2) is 0 Å². The summed E-state index contributed by atoms with van der Waals surface area (Å²) in [4.78, 5) is 0. The number of hydrogen-bond donors (Lipinski definition) is 2. The number of ether oxygens (including phenoxy) is 1. The third-order valence-corrected chi connectivity index (χ3v) is 2.97. The molecule has 3 heteroatoms. The van der Waals surface area contributed by atoms with Crippen LogP contribution in [-0.2, 0) is 6.54 Å². The van der Waals surface area contributed by atoms with Gasteiger partial charge >= 0.3 is 0 Å². The van der Waals surface area contributed by atoms with Gasteiger partial charge in [0.2, 0.25) is 0 Å². The highest BCUT2D eigenvalue weighted by Crippen LogP contribution is 2.13. The van der Waals surface area contributed by atoms with E-state index in [0.29, 0.717) is 5.92 Å². The zero-order chi connectivity index (χ0) is 14.1. The highest BCUT2D eigenvalue weighted by Gasteiger charge is 2.08. The lowest BCUT2D eigenvalue weighted by Gasteiger charge is -2.18. The van der Waals surface area contributed by atoms with Gasteiger partial charge in [0, 0.05) is 12.6 Å². The summed E-state index contributed by atoms with van der Waals surface area (Å²) in [7, 11) is 0. The molecule has 0 bridgehead atoms. The molecule has 0 aliphatic rings. The van der Waals surface area contributed by atoms with Crippen molar-refractivity contribution in [2.24, 2.45) is 5.92 Å². The average Bonchev–Trinajstić information content (AvgIpc) is 2.42. The molecule has 1 unspecified atom stereocenters. The van der Waals surface area contributed by atoms with Crippen LogP contribution in [0.2, 0.25) is 0 Å². The van der Waals surface area contributed by atoms with Crippen molar-refractivity contribution in [3.63, 3.8) is 0 Å². The summed E-state index contributed by atoms with van der Waals surface area (Å²) in [5, 5.41) is 12.7. The fraction of sp³-hybridized carbons (Fsp3) is 0.625. The quantitative estimate of drug-likeness (QED) is 0.721. The lowest BCUT2D eigenvalue weighted by Crippen LogP contribution is -2.33. The third kappa shape index (κ3) is 6.60. The van der Waals surface area contributed by atoms with Crippen molar-refractivity contribution in [1.82, 2.24) is 5.32 Å². The van der Waals surface area contributed by atoms with E-state index < -0.39 is 0 Å². The predicted octanol–water partition coefficient (Wildman–Crippen LogP) is 2.97. The molecule has 0 heterocycles. The van der Waals surface area contributed by atoms with Gasteiger partial charge in [-0.2, -0.15) is 0 Å². The van der Waals surface area contributed by atoms with Gasteiger partial charge in [-0.1, -0.05) is 32.9 Å². The molecule has 0 saturated carbocycles. The minimum absolute atomic E-state index is 0.177. The largest absolute Gasteiger partial charge is 0.494 e. The summed E-state index contributed by atoms with van der Waals surface area (Å²) in [6, 6.07) is 8.33. The van der Waals surface area contributed by atoms with Gasteiger partial charge in [-0.3, -0.25) is 0 Å². The Balaban J connectivity index is 2.39. The smallest absolute Gasteiger partial charge is 0.119 e. The monoisotopic (exact) mass is 265 g/mol. The molecular weight excluding hydrogens is 238 g/mol. The van der Waals surface area contributed by atoms with Crippen LogP contribution in [0.15, 0.2) is 24.3 Å². The Bertz CT molecular complexity index is 335. The molecule has 1 aromatic carbocycles. The molecule has 0 aliphatic carbocycles. The second-order valence-electron chi connectivity index (χ2n) is 5.38. The first-order chi connectivity index (χ1) is 9.15. The Morgan fingerprint density at radius 2 is 1.89 bits per heavy atom. The van der Waals surface area contributed by atoms with Gasteiger partial charge in [0.05, 0.1) is 13.2 Å². The van der Waals surface area contributed by atoms with Crippen molar-refractivity contribution >= 4 is 0 Å². The molecule has 3 nitrogen and oxygen atoms in total. The number of benzene rings is 1. The molecule has 0 amide bonds. The third-order valence-electron chi connectivity index (χ3n) is 2.97. The molecule has 0 aliphatic heterocycles.